The number of carbonyl (C=O) groups excluding carboxylic acids is 1. The van der Waals surface area contributed by atoms with Crippen LogP contribution in [-0.2, 0) is 0 Å². The average Bonchev–Trinajstić information content (AvgIpc) is 2.91. The van der Waals surface area contributed by atoms with Crippen molar-refractivity contribution < 1.29 is 9.53 Å². The van der Waals surface area contributed by atoms with Crippen molar-refractivity contribution >= 4 is 17.3 Å². The SMILES string of the molecule is COc1ccccc1Nc1ccc(C(=O)NC2CCCCCC2)nc1. The maximum atomic E-state index is 12.4. The minimum atomic E-state index is -0.0873. The second-order valence-electron chi connectivity index (χ2n) is 6.42. The number of methoxy groups -OCH3 is 1. The normalized spacial score (nSPS) is 15.2. The van der Waals surface area contributed by atoms with E-state index in [0.717, 1.165) is 30.0 Å². The van der Waals surface area contributed by atoms with Crippen LogP contribution in [0, 0.1) is 0 Å². The number of nitrogens with one attached hydrogen (secondary N) is 2. The third kappa shape index (κ3) is 4.72. The Labute approximate surface area is 148 Å². The van der Waals surface area contributed by atoms with Gasteiger partial charge in [-0.25, -0.2) is 4.98 Å². The third-order valence-electron chi connectivity index (χ3n) is 4.57. The summed E-state index contributed by atoms with van der Waals surface area (Å²) >= 11 is 0. The van der Waals surface area contributed by atoms with Gasteiger partial charge in [0.05, 0.1) is 24.7 Å². The summed E-state index contributed by atoms with van der Waals surface area (Å²) < 4.78 is 5.33. The number of hydrogen-bond donors (Lipinski definition) is 2. The highest BCUT2D eigenvalue weighted by Crippen LogP contribution is 2.26. The summed E-state index contributed by atoms with van der Waals surface area (Å²) in [6.45, 7) is 0. The van der Waals surface area contributed by atoms with E-state index in [1.807, 2.05) is 30.3 Å². The van der Waals surface area contributed by atoms with Gasteiger partial charge in [-0.05, 0) is 37.1 Å². The Morgan fingerprint density at radius 1 is 1.08 bits per heavy atom. The van der Waals surface area contributed by atoms with Crippen LogP contribution in [0.4, 0.5) is 11.4 Å². The zero-order valence-corrected chi connectivity index (χ0v) is 14.6. The molecule has 1 aromatic heterocycles. The molecule has 1 aliphatic carbocycles. The lowest BCUT2D eigenvalue weighted by Gasteiger charge is -2.16. The molecule has 1 fully saturated rings. The fraction of sp³-hybridized carbons (Fsp3) is 0.400. The highest BCUT2D eigenvalue weighted by atomic mass is 16.5. The van der Waals surface area contributed by atoms with Gasteiger partial charge in [0, 0.05) is 6.04 Å². The first-order valence-corrected chi connectivity index (χ1v) is 8.93. The lowest BCUT2D eigenvalue weighted by Crippen LogP contribution is -2.34. The molecule has 25 heavy (non-hydrogen) atoms. The second-order valence-corrected chi connectivity index (χ2v) is 6.42. The molecule has 0 spiro atoms. The van der Waals surface area contributed by atoms with E-state index in [9.17, 15) is 4.79 Å². The van der Waals surface area contributed by atoms with Crippen molar-refractivity contribution in [2.45, 2.75) is 44.6 Å². The fourth-order valence-corrected chi connectivity index (χ4v) is 3.19. The molecule has 0 aliphatic heterocycles. The van der Waals surface area contributed by atoms with E-state index in [1.54, 1.807) is 19.4 Å². The molecule has 5 nitrogen and oxygen atoms in total. The number of carbonyl (C=O) groups is 1. The molecule has 3 rings (SSSR count). The Morgan fingerprint density at radius 2 is 1.84 bits per heavy atom. The topological polar surface area (TPSA) is 63.2 Å². The summed E-state index contributed by atoms with van der Waals surface area (Å²) in [7, 11) is 1.64. The van der Waals surface area contributed by atoms with Crippen molar-refractivity contribution in [2.75, 3.05) is 12.4 Å². The second kappa shape index (κ2) is 8.51. The monoisotopic (exact) mass is 339 g/mol. The number of nitrogens with zero attached hydrogens (tertiary/aromatic N) is 1. The lowest BCUT2D eigenvalue weighted by atomic mass is 10.1. The van der Waals surface area contributed by atoms with E-state index in [0.29, 0.717) is 5.69 Å². The maximum absolute atomic E-state index is 12.4. The van der Waals surface area contributed by atoms with Gasteiger partial charge in [0.1, 0.15) is 11.4 Å². The number of pyridine rings is 1. The highest BCUT2D eigenvalue weighted by molar-refractivity contribution is 5.92. The van der Waals surface area contributed by atoms with Gasteiger partial charge in [-0.2, -0.15) is 0 Å². The van der Waals surface area contributed by atoms with Crippen LogP contribution >= 0.6 is 0 Å². The molecule has 0 unspecified atom stereocenters. The number of anilines is 2. The number of aromatic nitrogens is 1. The molecule has 1 saturated carbocycles. The molecule has 0 saturated heterocycles. The molecule has 0 atom stereocenters. The predicted octanol–water partition coefficient (Wildman–Crippen LogP) is 4.29. The van der Waals surface area contributed by atoms with Crippen LogP contribution in [0.1, 0.15) is 49.0 Å². The van der Waals surface area contributed by atoms with Crippen molar-refractivity contribution in [1.29, 1.82) is 0 Å². The molecular formula is C20H25N3O2. The zero-order chi connectivity index (χ0) is 17.5. The Morgan fingerprint density at radius 3 is 2.52 bits per heavy atom. The zero-order valence-electron chi connectivity index (χ0n) is 14.6. The number of benzene rings is 1. The molecule has 0 radical (unpaired) electrons. The fourth-order valence-electron chi connectivity index (χ4n) is 3.19. The number of para-hydroxylation sites is 2. The van der Waals surface area contributed by atoms with Gasteiger partial charge in [0.25, 0.3) is 5.91 Å². The van der Waals surface area contributed by atoms with E-state index < -0.39 is 0 Å². The molecular weight excluding hydrogens is 314 g/mol. The third-order valence-corrected chi connectivity index (χ3v) is 4.57. The van der Waals surface area contributed by atoms with E-state index in [-0.39, 0.29) is 11.9 Å². The summed E-state index contributed by atoms with van der Waals surface area (Å²) in [5.74, 6) is 0.674. The predicted molar refractivity (Wildman–Crippen MR) is 99.5 cm³/mol. The van der Waals surface area contributed by atoms with E-state index >= 15 is 0 Å². The largest absolute Gasteiger partial charge is 0.495 e. The van der Waals surface area contributed by atoms with Crippen LogP contribution in [0.5, 0.6) is 5.75 Å². The molecule has 0 bridgehead atoms. The average molecular weight is 339 g/mol. The van der Waals surface area contributed by atoms with Crippen LogP contribution in [0.2, 0.25) is 0 Å². The van der Waals surface area contributed by atoms with E-state index in [1.165, 1.54) is 25.7 Å². The first-order chi connectivity index (χ1) is 12.3. The van der Waals surface area contributed by atoms with Crippen molar-refractivity contribution in [3.8, 4) is 5.75 Å². The van der Waals surface area contributed by atoms with Crippen LogP contribution in [0.25, 0.3) is 0 Å². The minimum Gasteiger partial charge on any atom is -0.495 e. The molecule has 1 heterocycles. The summed E-state index contributed by atoms with van der Waals surface area (Å²) in [5, 5.41) is 6.38. The maximum Gasteiger partial charge on any atom is 0.270 e. The Balaban J connectivity index is 1.62. The van der Waals surface area contributed by atoms with Gasteiger partial charge in [-0.3, -0.25) is 4.79 Å². The molecule has 2 N–H and O–H groups in total. The Bertz CT molecular complexity index is 692. The van der Waals surface area contributed by atoms with E-state index in [2.05, 4.69) is 15.6 Å². The van der Waals surface area contributed by atoms with Crippen LogP contribution in [0.15, 0.2) is 42.6 Å². The van der Waals surface area contributed by atoms with E-state index in [4.69, 9.17) is 4.74 Å². The summed E-state index contributed by atoms with van der Waals surface area (Å²) in [5.41, 5.74) is 2.13. The standard InChI is InChI=1S/C20H25N3O2/c1-25-19-11-7-6-10-17(19)22-16-12-13-18(21-14-16)20(24)23-15-8-4-2-3-5-9-15/h6-7,10-15,22H,2-5,8-9H2,1H3,(H,23,24). The summed E-state index contributed by atoms with van der Waals surface area (Å²) in [4.78, 5) is 16.7. The molecule has 1 aliphatic rings. The van der Waals surface area contributed by atoms with Crippen molar-refractivity contribution in [2.24, 2.45) is 0 Å². The molecule has 1 aromatic carbocycles. The van der Waals surface area contributed by atoms with Crippen molar-refractivity contribution in [3.05, 3.63) is 48.3 Å². The lowest BCUT2D eigenvalue weighted by molar-refractivity contribution is 0.0928. The van der Waals surface area contributed by atoms with Crippen LogP contribution in [-0.4, -0.2) is 24.0 Å². The quantitative estimate of drug-likeness (QED) is 0.798. The molecule has 5 heteroatoms. The van der Waals surface area contributed by atoms with Gasteiger partial charge in [0.2, 0.25) is 0 Å². The molecule has 132 valence electrons. The van der Waals surface area contributed by atoms with Gasteiger partial charge in [0.15, 0.2) is 0 Å². The summed E-state index contributed by atoms with van der Waals surface area (Å²) in [6, 6.07) is 11.6. The Hall–Kier alpha value is -2.56. The number of ether oxygens (including phenoxy) is 1. The molecule has 1 amide bonds. The number of amides is 1. The van der Waals surface area contributed by atoms with Crippen LogP contribution < -0.4 is 15.4 Å². The Kier molecular flexibility index (Phi) is 5.88. The number of hydrogen-bond acceptors (Lipinski definition) is 4. The van der Waals surface area contributed by atoms with Crippen LogP contribution in [0.3, 0.4) is 0 Å². The number of rotatable bonds is 5. The highest BCUT2D eigenvalue weighted by Gasteiger charge is 2.16. The van der Waals surface area contributed by atoms with Crippen molar-refractivity contribution in [3.63, 3.8) is 0 Å². The summed E-state index contributed by atoms with van der Waals surface area (Å²) in [6.07, 6.45) is 8.75. The first kappa shape index (κ1) is 17.3. The van der Waals surface area contributed by atoms with Gasteiger partial charge in [-0.15, -0.1) is 0 Å². The van der Waals surface area contributed by atoms with Gasteiger partial charge >= 0.3 is 0 Å². The smallest absolute Gasteiger partial charge is 0.270 e. The van der Waals surface area contributed by atoms with Gasteiger partial charge in [-0.1, -0.05) is 37.8 Å². The van der Waals surface area contributed by atoms with Crippen molar-refractivity contribution in [1.82, 2.24) is 10.3 Å². The van der Waals surface area contributed by atoms with Gasteiger partial charge < -0.3 is 15.4 Å². The first-order valence-electron chi connectivity index (χ1n) is 8.93. The minimum absolute atomic E-state index is 0.0873. The molecule has 2 aromatic rings.